The number of thiophene rings is 1. The van der Waals surface area contributed by atoms with Crippen LogP contribution < -0.4 is 10.1 Å². The molecule has 0 spiro atoms. The molecule has 20 heavy (non-hydrogen) atoms. The molecule has 4 nitrogen and oxygen atoms in total. The maximum Gasteiger partial charge on any atom is 0.227 e. The van der Waals surface area contributed by atoms with E-state index in [4.69, 9.17) is 4.74 Å². The smallest absolute Gasteiger partial charge is 0.227 e. The molecular formula is C15H21N3OS. The molecule has 0 radical (unpaired) electrons. The number of aromatic nitrogens is 2. The average Bonchev–Trinajstić information content (AvgIpc) is 2.88. The van der Waals surface area contributed by atoms with E-state index in [1.54, 1.807) is 11.3 Å². The molecule has 2 heterocycles. The lowest BCUT2D eigenvalue weighted by Gasteiger charge is -2.07. The number of rotatable bonds is 7. The number of allylic oxidation sites excluding steroid dienone is 1. The molecule has 0 unspecified atom stereocenters. The Balaban J connectivity index is 2.35. The number of fused-ring (bicyclic) bond motifs is 1. The highest BCUT2D eigenvalue weighted by atomic mass is 32.1. The topological polar surface area (TPSA) is 47.0 Å². The lowest BCUT2D eigenvalue weighted by atomic mass is 10.3. The Hall–Kier alpha value is -1.62. The third kappa shape index (κ3) is 3.48. The van der Waals surface area contributed by atoms with Crippen molar-refractivity contribution in [3.63, 3.8) is 0 Å². The van der Waals surface area contributed by atoms with Crippen LogP contribution in [0.1, 0.15) is 32.1 Å². The number of hydrogen-bond donors (Lipinski definition) is 1. The lowest BCUT2D eigenvalue weighted by molar-refractivity contribution is 0.353. The van der Waals surface area contributed by atoms with Crippen molar-refractivity contribution in [1.82, 2.24) is 9.97 Å². The zero-order valence-electron chi connectivity index (χ0n) is 12.3. The van der Waals surface area contributed by atoms with Crippen molar-refractivity contribution in [1.29, 1.82) is 0 Å². The molecule has 0 aliphatic rings. The average molecular weight is 291 g/mol. The first kappa shape index (κ1) is 14.8. The van der Waals surface area contributed by atoms with Crippen molar-refractivity contribution in [2.24, 2.45) is 0 Å². The first-order chi connectivity index (χ1) is 9.78. The maximum absolute atomic E-state index is 5.77. The van der Waals surface area contributed by atoms with Crippen LogP contribution in [0.5, 0.6) is 5.88 Å². The lowest BCUT2D eigenvalue weighted by Crippen LogP contribution is -2.06. The van der Waals surface area contributed by atoms with Gasteiger partial charge in [-0.1, -0.05) is 26.0 Å². The van der Waals surface area contributed by atoms with Crippen LogP contribution in [0.2, 0.25) is 0 Å². The van der Waals surface area contributed by atoms with Crippen LogP contribution >= 0.6 is 11.3 Å². The van der Waals surface area contributed by atoms with Gasteiger partial charge in [-0.2, -0.15) is 4.98 Å². The van der Waals surface area contributed by atoms with E-state index in [-0.39, 0.29) is 0 Å². The Bertz CT molecular complexity index is 592. The molecule has 0 saturated carbocycles. The number of aryl methyl sites for hydroxylation is 1. The van der Waals surface area contributed by atoms with Crippen molar-refractivity contribution in [2.45, 2.75) is 33.6 Å². The van der Waals surface area contributed by atoms with Gasteiger partial charge < -0.3 is 10.1 Å². The molecule has 0 aliphatic heterocycles. The zero-order valence-corrected chi connectivity index (χ0v) is 13.1. The van der Waals surface area contributed by atoms with Crippen molar-refractivity contribution in [3.8, 4) is 5.88 Å². The summed E-state index contributed by atoms with van der Waals surface area (Å²) in [5.74, 6) is 1.32. The molecule has 0 aliphatic carbocycles. The van der Waals surface area contributed by atoms with Crippen LogP contribution in [0, 0.1) is 0 Å². The number of nitrogens with one attached hydrogen (secondary N) is 1. The molecule has 1 N–H and O–H groups in total. The van der Waals surface area contributed by atoms with E-state index >= 15 is 0 Å². The second-order valence-corrected chi connectivity index (χ2v) is 5.56. The summed E-state index contributed by atoms with van der Waals surface area (Å²) in [5.41, 5.74) is 0. The van der Waals surface area contributed by atoms with E-state index in [2.05, 4.69) is 35.2 Å². The molecule has 2 rings (SSSR count). The molecular weight excluding hydrogens is 270 g/mol. The zero-order chi connectivity index (χ0) is 14.4. The molecule has 0 amide bonds. The minimum atomic E-state index is 0.535. The summed E-state index contributed by atoms with van der Waals surface area (Å²) >= 11 is 1.71. The number of hydrogen-bond acceptors (Lipinski definition) is 5. The minimum Gasteiger partial charge on any atom is -0.473 e. The molecule has 108 valence electrons. The quantitative estimate of drug-likeness (QED) is 0.782. The Labute approximate surface area is 123 Å². The van der Waals surface area contributed by atoms with E-state index < -0.39 is 0 Å². The van der Waals surface area contributed by atoms with Crippen molar-refractivity contribution < 1.29 is 4.74 Å². The first-order valence-corrected chi connectivity index (χ1v) is 7.88. The molecule has 0 bridgehead atoms. The summed E-state index contributed by atoms with van der Waals surface area (Å²) in [5, 5.41) is 4.24. The van der Waals surface area contributed by atoms with E-state index in [0.717, 1.165) is 29.6 Å². The van der Waals surface area contributed by atoms with Crippen molar-refractivity contribution >= 4 is 27.5 Å². The van der Waals surface area contributed by atoms with Gasteiger partial charge in [0, 0.05) is 11.4 Å². The van der Waals surface area contributed by atoms with Gasteiger partial charge in [0.25, 0.3) is 0 Å². The van der Waals surface area contributed by atoms with Crippen LogP contribution in [-0.2, 0) is 6.42 Å². The fourth-order valence-electron chi connectivity index (χ4n) is 1.77. The highest BCUT2D eigenvalue weighted by molar-refractivity contribution is 7.18. The Morgan fingerprint density at radius 1 is 1.35 bits per heavy atom. The van der Waals surface area contributed by atoms with Gasteiger partial charge in [0.15, 0.2) is 0 Å². The van der Waals surface area contributed by atoms with Crippen LogP contribution in [-0.4, -0.2) is 23.1 Å². The highest BCUT2D eigenvalue weighted by Gasteiger charge is 2.12. The standard InChI is InChI=1S/C15H21N3OS/c1-4-7-9-19-13-12-10-11(6-3)20-14(12)18-15(17-13)16-8-5-2/h4,7,10H,5-6,8-9H2,1-3H3,(H,16,17,18)/b7-4+. The monoisotopic (exact) mass is 291 g/mol. The predicted octanol–water partition coefficient (Wildman–Crippen LogP) is 4.03. The fraction of sp³-hybridized carbons (Fsp3) is 0.467. The van der Waals surface area contributed by atoms with E-state index in [1.165, 1.54) is 4.88 Å². The van der Waals surface area contributed by atoms with Gasteiger partial charge in [-0.25, -0.2) is 4.98 Å². The second kappa shape index (κ2) is 7.24. The van der Waals surface area contributed by atoms with E-state index in [0.29, 0.717) is 18.4 Å². The van der Waals surface area contributed by atoms with Crippen molar-refractivity contribution in [2.75, 3.05) is 18.5 Å². The van der Waals surface area contributed by atoms with E-state index in [1.807, 2.05) is 19.1 Å². The number of ether oxygens (including phenoxy) is 1. The molecule has 0 atom stereocenters. The molecule has 2 aromatic heterocycles. The number of anilines is 1. The second-order valence-electron chi connectivity index (χ2n) is 4.44. The normalized spacial score (nSPS) is 11.3. The fourth-order valence-corrected chi connectivity index (χ4v) is 2.73. The third-order valence-electron chi connectivity index (χ3n) is 2.84. The summed E-state index contributed by atoms with van der Waals surface area (Å²) in [4.78, 5) is 11.3. The van der Waals surface area contributed by atoms with Gasteiger partial charge in [-0.3, -0.25) is 0 Å². The van der Waals surface area contributed by atoms with Crippen molar-refractivity contribution in [3.05, 3.63) is 23.1 Å². The summed E-state index contributed by atoms with van der Waals surface area (Å²) in [6.07, 6.45) is 5.99. The summed E-state index contributed by atoms with van der Waals surface area (Å²) < 4.78 is 5.77. The van der Waals surface area contributed by atoms with Crippen LogP contribution in [0.15, 0.2) is 18.2 Å². The van der Waals surface area contributed by atoms with Crippen LogP contribution in [0.25, 0.3) is 10.2 Å². The van der Waals surface area contributed by atoms with Gasteiger partial charge in [0.1, 0.15) is 11.4 Å². The molecule has 5 heteroatoms. The summed E-state index contributed by atoms with van der Waals surface area (Å²) in [7, 11) is 0. The third-order valence-corrected chi connectivity index (χ3v) is 4.02. The Morgan fingerprint density at radius 3 is 2.90 bits per heavy atom. The largest absolute Gasteiger partial charge is 0.473 e. The SMILES string of the molecule is C/C=C/COc1nc(NCCC)nc2sc(CC)cc12. The van der Waals surface area contributed by atoms with Gasteiger partial charge >= 0.3 is 0 Å². The van der Waals surface area contributed by atoms with Gasteiger partial charge in [0.05, 0.1) is 5.39 Å². The predicted molar refractivity (Wildman–Crippen MR) is 85.9 cm³/mol. The van der Waals surface area contributed by atoms with Crippen LogP contribution in [0.4, 0.5) is 5.95 Å². The van der Waals surface area contributed by atoms with Gasteiger partial charge in [0.2, 0.25) is 11.8 Å². The number of nitrogens with zero attached hydrogens (tertiary/aromatic N) is 2. The Kier molecular flexibility index (Phi) is 5.35. The van der Waals surface area contributed by atoms with Crippen LogP contribution in [0.3, 0.4) is 0 Å². The summed E-state index contributed by atoms with van der Waals surface area (Å²) in [6, 6.07) is 2.13. The van der Waals surface area contributed by atoms with Gasteiger partial charge in [-0.05, 0) is 25.8 Å². The molecule has 2 aromatic rings. The minimum absolute atomic E-state index is 0.535. The Morgan fingerprint density at radius 2 is 2.20 bits per heavy atom. The maximum atomic E-state index is 5.77. The molecule has 0 aromatic carbocycles. The summed E-state index contributed by atoms with van der Waals surface area (Å²) in [6.45, 7) is 7.65. The molecule has 0 fully saturated rings. The van der Waals surface area contributed by atoms with Gasteiger partial charge in [-0.15, -0.1) is 11.3 Å². The highest BCUT2D eigenvalue weighted by Crippen LogP contribution is 2.31. The first-order valence-electron chi connectivity index (χ1n) is 7.06. The van der Waals surface area contributed by atoms with E-state index in [9.17, 15) is 0 Å². The molecule has 0 saturated heterocycles.